The van der Waals surface area contributed by atoms with Gasteiger partial charge in [0, 0.05) is 41.8 Å². The Labute approximate surface area is 224 Å². The maximum Gasteiger partial charge on any atom is 0.416 e. The summed E-state index contributed by atoms with van der Waals surface area (Å²) in [6.07, 6.45) is -1.34. The van der Waals surface area contributed by atoms with Crippen molar-refractivity contribution in [1.29, 1.82) is 0 Å². The van der Waals surface area contributed by atoms with E-state index in [-0.39, 0.29) is 23.6 Å². The summed E-state index contributed by atoms with van der Waals surface area (Å²) in [6.45, 7) is 6.06. The Kier molecular flexibility index (Phi) is 10.6. The van der Waals surface area contributed by atoms with Gasteiger partial charge in [0.05, 0.1) is 25.0 Å². The van der Waals surface area contributed by atoms with Crippen molar-refractivity contribution >= 4 is 24.1 Å². The summed E-state index contributed by atoms with van der Waals surface area (Å²) in [5.41, 5.74) is 0.373. The van der Waals surface area contributed by atoms with E-state index in [9.17, 15) is 22.7 Å². The second kappa shape index (κ2) is 13.7. The smallest absolute Gasteiger partial charge is 0.416 e. The van der Waals surface area contributed by atoms with Crippen LogP contribution >= 0.6 is 11.9 Å². The minimum Gasteiger partial charge on any atom is -0.508 e. The van der Waals surface area contributed by atoms with Crippen molar-refractivity contribution in [2.75, 3.05) is 20.3 Å². The standard InChI is InChI=1S/C27H31F4N3O3S/c1-4-5-21(22-9-7-20(15-24(22)35)38-34-26(32-3)33-16-17(2)28)23-8-6-18(27(29,30)31)14-25(23)37-19-10-12-36-13-11-19/h6-9,14-16,19,21,35H,2,4-5,10-13H2,1,3H3,(H,32,34)/t21-/m0/s1. The van der Waals surface area contributed by atoms with Crippen molar-refractivity contribution in [3.63, 3.8) is 0 Å². The molecule has 0 unspecified atom stereocenters. The molecule has 0 aliphatic carbocycles. The summed E-state index contributed by atoms with van der Waals surface area (Å²) in [5.74, 6) is -0.799. The molecule has 1 aliphatic heterocycles. The van der Waals surface area contributed by atoms with Crippen LogP contribution in [0.5, 0.6) is 11.5 Å². The van der Waals surface area contributed by atoms with Crippen molar-refractivity contribution < 1.29 is 32.1 Å². The van der Waals surface area contributed by atoms with Crippen LogP contribution in [0.4, 0.5) is 17.6 Å². The third-order valence-corrected chi connectivity index (χ3v) is 6.71. The average Bonchev–Trinajstić information content (AvgIpc) is 2.88. The lowest BCUT2D eigenvalue weighted by Crippen LogP contribution is -2.26. The van der Waals surface area contributed by atoms with Crippen molar-refractivity contribution in [2.45, 2.75) is 55.7 Å². The number of nitrogens with zero attached hydrogens (tertiary/aromatic N) is 2. The molecule has 2 aromatic rings. The fraction of sp³-hybridized carbons (Fsp3) is 0.407. The second-order valence-corrected chi connectivity index (χ2v) is 9.58. The van der Waals surface area contributed by atoms with Gasteiger partial charge < -0.3 is 14.6 Å². The highest BCUT2D eigenvalue weighted by Crippen LogP contribution is 2.43. The molecule has 0 amide bonds. The summed E-state index contributed by atoms with van der Waals surface area (Å²) in [6, 6.07) is 8.61. The Morgan fingerprint density at radius 2 is 1.95 bits per heavy atom. The van der Waals surface area contributed by atoms with Gasteiger partial charge in [-0.3, -0.25) is 9.71 Å². The zero-order valence-electron chi connectivity index (χ0n) is 21.2. The molecule has 0 spiro atoms. The lowest BCUT2D eigenvalue weighted by molar-refractivity contribution is -0.137. The SMILES string of the molecule is C=C(F)C=NC(=NC)NSc1ccc([C@H](CCC)c2ccc(C(F)(F)F)cc2OC2CCOCC2)c(O)c1. The molecule has 1 aliphatic rings. The third kappa shape index (κ3) is 8.22. The van der Waals surface area contributed by atoms with Crippen LogP contribution in [0, 0.1) is 0 Å². The maximum atomic E-state index is 13.5. The van der Waals surface area contributed by atoms with E-state index in [2.05, 4.69) is 21.3 Å². The predicted molar refractivity (Wildman–Crippen MR) is 142 cm³/mol. The number of nitrogens with one attached hydrogen (secondary N) is 1. The van der Waals surface area contributed by atoms with E-state index in [1.54, 1.807) is 18.2 Å². The number of hydrogen-bond acceptors (Lipinski definition) is 5. The monoisotopic (exact) mass is 553 g/mol. The van der Waals surface area contributed by atoms with Gasteiger partial charge in [-0.05, 0) is 42.6 Å². The van der Waals surface area contributed by atoms with Gasteiger partial charge in [0.25, 0.3) is 0 Å². The lowest BCUT2D eigenvalue weighted by Gasteiger charge is -2.28. The summed E-state index contributed by atoms with van der Waals surface area (Å²) in [5, 5.41) is 10.9. The molecule has 1 heterocycles. The zero-order chi connectivity index (χ0) is 27.7. The highest BCUT2D eigenvalue weighted by Gasteiger charge is 2.33. The minimum absolute atomic E-state index is 0.0113. The Bertz CT molecular complexity index is 1160. The summed E-state index contributed by atoms with van der Waals surface area (Å²) >= 11 is 1.11. The molecule has 3 rings (SSSR count). The predicted octanol–water partition coefficient (Wildman–Crippen LogP) is 7.04. The van der Waals surface area contributed by atoms with E-state index in [0.29, 0.717) is 48.5 Å². The molecule has 38 heavy (non-hydrogen) atoms. The first-order valence-electron chi connectivity index (χ1n) is 12.2. The molecule has 0 aromatic heterocycles. The number of aromatic hydroxyl groups is 1. The molecule has 1 saturated heterocycles. The fourth-order valence-electron chi connectivity index (χ4n) is 4.09. The van der Waals surface area contributed by atoms with Crippen LogP contribution in [0.2, 0.25) is 0 Å². The number of alkyl halides is 3. The van der Waals surface area contributed by atoms with Crippen molar-refractivity contribution in [1.82, 2.24) is 4.72 Å². The molecule has 206 valence electrons. The third-order valence-electron chi connectivity index (χ3n) is 5.93. The molecule has 2 N–H and O–H groups in total. The average molecular weight is 554 g/mol. The molecule has 1 atom stereocenters. The van der Waals surface area contributed by atoms with Crippen LogP contribution in [0.3, 0.4) is 0 Å². The van der Waals surface area contributed by atoms with Gasteiger partial charge in [0.1, 0.15) is 23.4 Å². The molecular formula is C27H31F4N3O3S. The molecular weight excluding hydrogens is 522 g/mol. The van der Waals surface area contributed by atoms with Gasteiger partial charge in [0.15, 0.2) is 0 Å². The largest absolute Gasteiger partial charge is 0.508 e. The molecule has 0 radical (unpaired) electrons. The van der Waals surface area contributed by atoms with Gasteiger partial charge in [0.2, 0.25) is 5.96 Å². The van der Waals surface area contributed by atoms with E-state index in [0.717, 1.165) is 36.7 Å². The Balaban J connectivity index is 1.91. The summed E-state index contributed by atoms with van der Waals surface area (Å²) < 4.78 is 67.8. The molecule has 1 fully saturated rings. The fourth-order valence-corrected chi connectivity index (χ4v) is 4.75. The maximum absolute atomic E-state index is 13.5. The first-order valence-corrected chi connectivity index (χ1v) is 13.0. The van der Waals surface area contributed by atoms with E-state index in [1.807, 2.05) is 6.92 Å². The van der Waals surface area contributed by atoms with Crippen molar-refractivity contribution in [2.24, 2.45) is 9.98 Å². The first kappa shape index (κ1) is 29.5. The topological polar surface area (TPSA) is 75.4 Å². The van der Waals surface area contributed by atoms with Crippen LogP contribution in [0.25, 0.3) is 0 Å². The van der Waals surface area contributed by atoms with E-state index >= 15 is 0 Å². The Hall–Kier alpha value is -3.05. The van der Waals surface area contributed by atoms with Crippen LogP contribution < -0.4 is 9.46 Å². The van der Waals surface area contributed by atoms with E-state index in [1.165, 1.54) is 13.1 Å². The van der Waals surface area contributed by atoms with Gasteiger partial charge in [-0.25, -0.2) is 9.38 Å². The number of phenols is 1. The van der Waals surface area contributed by atoms with Crippen molar-refractivity contribution in [3.8, 4) is 11.5 Å². The van der Waals surface area contributed by atoms with Gasteiger partial charge in [-0.2, -0.15) is 13.2 Å². The van der Waals surface area contributed by atoms with Crippen LogP contribution in [0.1, 0.15) is 55.2 Å². The van der Waals surface area contributed by atoms with Gasteiger partial charge in [-0.15, -0.1) is 0 Å². The van der Waals surface area contributed by atoms with Crippen molar-refractivity contribution in [3.05, 3.63) is 65.5 Å². The van der Waals surface area contributed by atoms with E-state index < -0.39 is 23.5 Å². The highest BCUT2D eigenvalue weighted by atomic mass is 32.2. The second-order valence-electron chi connectivity index (χ2n) is 8.70. The minimum atomic E-state index is -4.51. The number of hydrogen-bond donors (Lipinski definition) is 2. The number of rotatable bonds is 9. The van der Waals surface area contributed by atoms with Crippen LogP contribution in [-0.4, -0.2) is 43.6 Å². The van der Waals surface area contributed by atoms with Gasteiger partial charge in [-0.1, -0.05) is 32.1 Å². The highest BCUT2D eigenvalue weighted by molar-refractivity contribution is 7.98. The van der Waals surface area contributed by atoms with E-state index in [4.69, 9.17) is 9.47 Å². The normalized spacial score (nSPS) is 16.0. The Morgan fingerprint density at radius 3 is 2.55 bits per heavy atom. The lowest BCUT2D eigenvalue weighted by atomic mass is 9.86. The molecule has 2 aromatic carbocycles. The quantitative estimate of drug-likeness (QED) is 0.151. The van der Waals surface area contributed by atoms with Crippen LogP contribution in [-0.2, 0) is 10.9 Å². The summed E-state index contributed by atoms with van der Waals surface area (Å²) in [7, 11) is 1.49. The zero-order valence-corrected chi connectivity index (χ0v) is 22.0. The number of phenolic OH excluding ortho intramolecular Hbond substituents is 1. The summed E-state index contributed by atoms with van der Waals surface area (Å²) in [4.78, 5) is 8.36. The molecule has 0 bridgehead atoms. The molecule has 11 heteroatoms. The Morgan fingerprint density at radius 1 is 1.24 bits per heavy atom. The molecule has 0 saturated carbocycles. The number of aliphatic imine (C=N–C) groups is 2. The number of halogens is 4. The van der Waals surface area contributed by atoms with Gasteiger partial charge >= 0.3 is 6.18 Å². The number of guanidine groups is 1. The molecule has 6 nitrogen and oxygen atoms in total. The number of allylic oxidation sites excluding steroid dienone is 1. The first-order chi connectivity index (χ1) is 18.1. The number of benzene rings is 2. The van der Waals surface area contributed by atoms with Crippen LogP contribution in [0.15, 0.2) is 63.7 Å². The number of ether oxygens (including phenoxy) is 2.